The van der Waals surface area contributed by atoms with E-state index in [-0.39, 0.29) is 12.4 Å². The van der Waals surface area contributed by atoms with E-state index >= 15 is 0 Å². The van der Waals surface area contributed by atoms with Gasteiger partial charge < -0.3 is 16.0 Å². The van der Waals surface area contributed by atoms with Crippen molar-refractivity contribution in [2.24, 2.45) is 5.73 Å². The molecule has 0 radical (unpaired) electrons. The molecule has 26 heavy (non-hydrogen) atoms. The summed E-state index contributed by atoms with van der Waals surface area (Å²) in [6, 6.07) is 5.94. The zero-order chi connectivity index (χ0) is 17.6. The molecule has 0 fully saturated rings. The van der Waals surface area contributed by atoms with Gasteiger partial charge in [-0.25, -0.2) is 15.0 Å². The van der Waals surface area contributed by atoms with E-state index in [4.69, 9.17) is 10.7 Å². The molecule has 7 nitrogen and oxygen atoms in total. The molecule has 8 heteroatoms. The lowest BCUT2D eigenvalue weighted by Crippen LogP contribution is -2.10. The minimum absolute atomic E-state index is 0. The Bertz CT molecular complexity index is 837. The van der Waals surface area contributed by atoms with Crippen LogP contribution < -0.4 is 16.0 Å². The molecule has 0 atom stereocenters. The van der Waals surface area contributed by atoms with Crippen molar-refractivity contribution in [3.05, 3.63) is 36.8 Å². The molecule has 3 N–H and O–H groups in total. The number of halogens is 1. The van der Waals surface area contributed by atoms with Gasteiger partial charge in [-0.3, -0.25) is 4.98 Å². The number of hydrogen-bond acceptors (Lipinski definition) is 7. The second-order valence-electron chi connectivity index (χ2n) is 6.00. The SMILES string of the molecule is CN(C)c1ccc(-c2cc3nccnc3c(NCCCCN)n2)cn1.Cl. The molecule has 0 aliphatic heterocycles. The monoisotopic (exact) mass is 373 g/mol. The second-order valence-corrected chi connectivity index (χ2v) is 6.00. The van der Waals surface area contributed by atoms with E-state index in [1.165, 1.54) is 0 Å². The van der Waals surface area contributed by atoms with Gasteiger partial charge in [0.15, 0.2) is 5.82 Å². The number of aromatic nitrogens is 4. The average molecular weight is 374 g/mol. The lowest BCUT2D eigenvalue weighted by atomic mass is 10.1. The third kappa shape index (κ3) is 4.56. The summed E-state index contributed by atoms with van der Waals surface area (Å²) >= 11 is 0. The molecule has 0 saturated carbocycles. The zero-order valence-corrected chi connectivity index (χ0v) is 15.8. The first-order valence-electron chi connectivity index (χ1n) is 8.38. The maximum Gasteiger partial charge on any atom is 0.154 e. The Morgan fingerprint density at radius 2 is 1.88 bits per heavy atom. The molecule has 138 valence electrons. The molecule has 3 aromatic rings. The molecule has 0 aromatic carbocycles. The molecule has 0 amide bonds. The standard InChI is InChI=1S/C18H23N7.ClH/c1-25(2)16-6-5-13(12-23-16)14-11-15-17(21-10-9-20-15)18(24-14)22-8-4-3-7-19;/h5-6,9-12H,3-4,7-8,19H2,1-2H3,(H,22,24);1H. The normalized spacial score (nSPS) is 10.4. The highest BCUT2D eigenvalue weighted by molar-refractivity contribution is 5.88. The van der Waals surface area contributed by atoms with E-state index < -0.39 is 0 Å². The molecule has 0 saturated heterocycles. The Kier molecular flexibility index (Phi) is 7.06. The van der Waals surface area contributed by atoms with E-state index in [1.807, 2.05) is 43.4 Å². The van der Waals surface area contributed by atoms with E-state index in [0.29, 0.717) is 6.54 Å². The van der Waals surface area contributed by atoms with Crippen LogP contribution in [0.4, 0.5) is 11.6 Å². The smallest absolute Gasteiger partial charge is 0.154 e. The summed E-state index contributed by atoms with van der Waals surface area (Å²) in [6.07, 6.45) is 7.17. The van der Waals surface area contributed by atoms with Crippen molar-refractivity contribution >= 4 is 35.1 Å². The predicted octanol–water partition coefficient (Wildman–Crippen LogP) is 2.73. The first kappa shape index (κ1) is 19.8. The molecule has 0 bridgehead atoms. The average Bonchev–Trinajstić information content (AvgIpc) is 2.65. The topological polar surface area (TPSA) is 92.9 Å². The van der Waals surface area contributed by atoms with Crippen molar-refractivity contribution in [2.45, 2.75) is 12.8 Å². The highest BCUT2D eigenvalue weighted by Gasteiger charge is 2.10. The molecular formula is C18H24ClN7. The summed E-state index contributed by atoms with van der Waals surface area (Å²) < 4.78 is 0. The number of nitrogens with two attached hydrogens (primary N) is 1. The van der Waals surface area contributed by atoms with Crippen molar-refractivity contribution in [1.29, 1.82) is 0 Å². The van der Waals surface area contributed by atoms with E-state index in [0.717, 1.165) is 53.3 Å². The van der Waals surface area contributed by atoms with Gasteiger partial charge in [0, 0.05) is 44.8 Å². The third-order valence-corrected chi connectivity index (χ3v) is 3.88. The maximum atomic E-state index is 5.56. The summed E-state index contributed by atoms with van der Waals surface area (Å²) in [7, 11) is 3.93. The summed E-state index contributed by atoms with van der Waals surface area (Å²) in [6.45, 7) is 1.50. The van der Waals surface area contributed by atoms with Crippen LogP contribution in [0.15, 0.2) is 36.8 Å². The molecule has 3 heterocycles. The fraction of sp³-hybridized carbons (Fsp3) is 0.333. The molecule has 0 aliphatic rings. The summed E-state index contributed by atoms with van der Waals surface area (Å²) in [5.41, 5.74) is 8.91. The van der Waals surface area contributed by atoms with Crippen LogP contribution >= 0.6 is 12.4 Å². The molecular weight excluding hydrogens is 350 g/mol. The van der Waals surface area contributed by atoms with Crippen LogP contribution in [0.25, 0.3) is 22.3 Å². The van der Waals surface area contributed by atoms with Crippen LogP contribution in [0.5, 0.6) is 0 Å². The number of hydrogen-bond donors (Lipinski definition) is 2. The van der Waals surface area contributed by atoms with E-state index in [9.17, 15) is 0 Å². The Labute approximate surface area is 159 Å². The number of rotatable bonds is 7. The van der Waals surface area contributed by atoms with Crippen molar-refractivity contribution in [3.63, 3.8) is 0 Å². The van der Waals surface area contributed by atoms with Gasteiger partial charge in [0.1, 0.15) is 11.3 Å². The van der Waals surface area contributed by atoms with Crippen molar-refractivity contribution in [2.75, 3.05) is 37.4 Å². The molecule has 0 unspecified atom stereocenters. The number of pyridine rings is 2. The van der Waals surface area contributed by atoms with Crippen LogP contribution in [0, 0.1) is 0 Å². The van der Waals surface area contributed by atoms with Crippen molar-refractivity contribution < 1.29 is 0 Å². The Morgan fingerprint density at radius 3 is 2.58 bits per heavy atom. The Morgan fingerprint density at radius 1 is 1.08 bits per heavy atom. The Hall–Kier alpha value is -2.51. The van der Waals surface area contributed by atoms with Crippen molar-refractivity contribution in [3.8, 4) is 11.3 Å². The lowest BCUT2D eigenvalue weighted by Gasteiger charge is -2.12. The molecule has 0 spiro atoms. The van der Waals surface area contributed by atoms with Crippen LogP contribution in [-0.2, 0) is 0 Å². The largest absolute Gasteiger partial charge is 0.368 e. The van der Waals surface area contributed by atoms with Crippen LogP contribution in [0.2, 0.25) is 0 Å². The minimum atomic E-state index is 0. The third-order valence-electron chi connectivity index (χ3n) is 3.88. The van der Waals surface area contributed by atoms with E-state index in [1.54, 1.807) is 12.4 Å². The fourth-order valence-corrected chi connectivity index (χ4v) is 2.52. The highest BCUT2D eigenvalue weighted by Crippen LogP contribution is 2.25. The van der Waals surface area contributed by atoms with Crippen molar-refractivity contribution in [1.82, 2.24) is 19.9 Å². The summed E-state index contributed by atoms with van der Waals surface area (Å²) in [4.78, 5) is 20.0. The number of anilines is 2. The molecule has 0 aliphatic carbocycles. The van der Waals surface area contributed by atoms with Crippen LogP contribution in [-0.4, -0.2) is 47.1 Å². The zero-order valence-electron chi connectivity index (χ0n) is 15.0. The fourth-order valence-electron chi connectivity index (χ4n) is 2.52. The Balaban J connectivity index is 0.00000243. The quantitative estimate of drug-likeness (QED) is 0.615. The molecule has 3 rings (SSSR count). The van der Waals surface area contributed by atoms with Gasteiger partial charge in [0.2, 0.25) is 0 Å². The maximum absolute atomic E-state index is 5.56. The van der Waals surface area contributed by atoms with Gasteiger partial charge in [0.25, 0.3) is 0 Å². The van der Waals surface area contributed by atoms with E-state index in [2.05, 4.69) is 20.3 Å². The summed E-state index contributed by atoms with van der Waals surface area (Å²) in [5, 5.41) is 3.36. The van der Waals surface area contributed by atoms with Gasteiger partial charge in [-0.05, 0) is 37.6 Å². The van der Waals surface area contributed by atoms with Gasteiger partial charge in [-0.2, -0.15) is 0 Å². The van der Waals surface area contributed by atoms with Gasteiger partial charge in [-0.1, -0.05) is 0 Å². The number of nitrogens with one attached hydrogen (secondary N) is 1. The highest BCUT2D eigenvalue weighted by atomic mass is 35.5. The van der Waals surface area contributed by atoms with Crippen LogP contribution in [0.3, 0.4) is 0 Å². The number of fused-ring (bicyclic) bond motifs is 1. The number of unbranched alkanes of at least 4 members (excludes halogenated alkanes) is 1. The number of nitrogens with zero attached hydrogens (tertiary/aromatic N) is 5. The molecule has 3 aromatic heterocycles. The predicted molar refractivity (Wildman–Crippen MR) is 109 cm³/mol. The summed E-state index contributed by atoms with van der Waals surface area (Å²) in [5.74, 6) is 1.65. The minimum Gasteiger partial charge on any atom is -0.368 e. The van der Waals surface area contributed by atoms with Gasteiger partial charge in [-0.15, -0.1) is 12.4 Å². The van der Waals surface area contributed by atoms with Gasteiger partial charge in [0.05, 0.1) is 11.2 Å². The second kappa shape index (κ2) is 9.26. The lowest BCUT2D eigenvalue weighted by molar-refractivity contribution is 0.773. The first-order chi connectivity index (χ1) is 12.2. The van der Waals surface area contributed by atoms with Gasteiger partial charge >= 0.3 is 0 Å². The van der Waals surface area contributed by atoms with Crippen LogP contribution in [0.1, 0.15) is 12.8 Å². The first-order valence-corrected chi connectivity index (χ1v) is 8.38.